The fourth-order valence-corrected chi connectivity index (χ4v) is 4.07. The molecule has 0 aliphatic carbocycles. The fourth-order valence-electron chi connectivity index (χ4n) is 4.07. The van der Waals surface area contributed by atoms with Crippen molar-refractivity contribution in [1.29, 1.82) is 0 Å². The topological polar surface area (TPSA) is 136 Å². The van der Waals surface area contributed by atoms with E-state index in [2.05, 4.69) is 4.84 Å². The van der Waals surface area contributed by atoms with E-state index in [4.69, 9.17) is 5.73 Å². The maximum Gasteiger partial charge on any atom is 0.320 e. The van der Waals surface area contributed by atoms with E-state index < -0.39 is 45.9 Å². The lowest BCUT2D eigenvalue weighted by Gasteiger charge is -2.44. The average Bonchev–Trinajstić information content (AvgIpc) is 2.47. The molecule has 0 bridgehead atoms. The molecule has 1 aliphatic rings. The van der Waals surface area contributed by atoms with Crippen LogP contribution in [0.25, 0.3) is 0 Å². The highest BCUT2D eigenvalue weighted by Crippen LogP contribution is 2.50. The fraction of sp³-hybridized carbons (Fsp3) is 0.846. The van der Waals surface area contributed by atoms with E-state index in [1.54, 1.807) is 32.6 Å². The number of primary amides is 1. The number of aliphatic carboxylic acids is 1. The van der Waals surface area contributed by atoms with Crippen LogP contribution in [0.5, 0.6) is 0 Å². The lowest BCUT2D eigenvalue weighted by molar-refractivity contribution is -0.759. The summed E-state index contributed by atoms with van der Waals surface area (Å²) in [5.41, 5.74) is 3.79. The Labute approximate surface area is 128 Å². The monoisotopic (exact) mass is 317 g/mol. The van der Waals surface area contributed by atoms with Gasteiger partial charge in [0.25, 0.3) is 5.09 Å². The Hall–Kier alpha value is -1.90. The molecule has 1 fully saturated rings. The molecule has 1 rings (SSSR count). The second-order valence-electron chi connectivity index (χ2n) is 6.70. The van der Waals surface area contributed by atoms with Gasteiger partial charge in [-0.25, -0.2) is 0 Å². The van der Waals surface area contributed by atoms with Gasteiger partial charge in [0.15, 0.2) is 0 Å². The van der Waals surface area contributed by atoms with Crippen molar-refractivity contribution in [1.82, 2.24) is 4.90 Å². The zero-order chi connectivity index (χ0) is 17.5. The molecule has 0 aromatic heterocycles. The minimum atomic E-state index is -1.04. The number of carbonyl (C=O) groups excluding carboxylic acids is 1. The number of nitrogens with zero attached hydrogens (tertiary/aromatic N) is 2. The highest BCUT2D eigenvalue weighted by molar-refractivity contribution is 5.80. The van der Waals surface area contributed by atoms with Crippen molar-refractivity contribution < 1.29 is 24.6 Å². The van der Waals surface area contributed by atoms with Crippen LogP contribution < -0.4 is 5.73 Å². The Morgan fingerprint density at radius 2 is 1.86 bits per heavy atom. The van der Waals surface area contributed by atoms with Crippen molar-refractivity contribution >= 4 is 11.9 Å². The highest BCUT2D eigenvalue weighted by Gasteiger charge is 2.62. The van der Waals surface area contributed by atoms with Gasteiger partial charge >= 0.3 is 5.97 Å². The average molecular weight is 317 g/mol. The lowest BCUT2D eigenvalue weighted by Crippen LogP contribution is -2.57. The van der Waals surface area contributed by atoms with Crippen molar-refractivity contribution in [2.24, 2.45) is 17.6 Å². The number of hydrogen-bond donors (Lipinski definition) is 2. The van der Waals surface area contributed by atoms with Gasteiger partial charge in [0.05, 0.1) is 5.92 Å². The van der Waals surface area contributed by atoms with Gasteiger partial charge in [0.1, 0.15) is 12.6 Å². The molecule has 3 N–H and O–H groups in total. The van der Waals surface area contributed by atoms with Gasteiger partial charge in [0, 0.05) is 17.0 Å². The van der Waals surface area contributed by atoms with Crippen LogP contribution in [-0.4, -0.2) is 50.7 Å². The van der Waals surface area contributed by atoms with E-state index in [9.17, 15) is 24.8 Å². The van der Waals surface area contributed by atoms with Gasteiger partial charge in [-0.1, -0.05) is 0 Å². The quantitative estimate of drug-likeness (QED) is 0.529. The summed E-state index contributed by atoms with van der Waals surface area (Å²) in [6.07, 6.45) is 0. The third-order valence-corrected chi connectivity index (χ3v) is 4.72. The Morgan fingerprint density at radius 1 is 1.36 bits per heavy atom. The predicted molar refractivity (Wildman–Crippen MR) is 76.2 cm³/mol. The molecule has 3 unspecified atom stereocenters. The molecule has 9 heteroatoms. The SMILES string of the molecule is CC(C(=O)O)N1C(C)(C)C(CO[N+](=O)[O-])C(C(N)=O)C1(C)C. The number of carboxylic acid groups (broad SMARTS) is 1. The number of amides is 1. The summed E-state index contributed by atoms with van der Waals surface area (Å²) in [7, 11) is 0. The first-order chi connectivity index (χ1) is 9.85. The predicted octanol–water partition coefficient (Wildman–Crippen LogP) is 0.258. The van der Waals surface area contributed by atoms with E-state index in [1.165, 1.54) is 6.92 Å². The van der Waals surface area contributed by atoms with Crippen LogP contribution in [0.1, 0.15) is 34.6 Å². The third-order valence-electron chi connectivity index (χ3n) is 4.72. The van der Waals surface area contributed by atoms with Gasteiger partial charge in [0.2, 0.25) is 5.91 Å². The molecule has 0 radical (unpaired) electrons. The van der Waals surface area contributed by atoms with Crippen molar-refractivity contribution in [3.63, 3.8) is 0 Å². The summed E-state index contributed by atoms with van der Waals surface area (Å²) in [6, 6.07) is -0.882. The van der Waals surface area contributed by atoms with E-state index in [1.807, 2.05) is 0 Å². The van der Waals surface area contributed by atoms with Gasteiger partial charge in [-0.3, -0.25) is 14.5 Å². The first kappa shape index (κ1) is 18.1. The number of nitrogens with two attached hydrogens (primary N) is 1. The van der Waals surface area contributed by atoms with Gasteiger partial charge in [-0.05, 0) is 34.6 Å². The summed E-state index contributed by atoms with van der Waals surface area (Å²) >= 11 is 0. The van der Waals surface area contributed by atoms with Gasteiger partial charge < -0.3 is 15.7 Å². The normalized spacial score (nSPS) is 28.0. The summed E-state index contributed by atoms with van der Waals surface area (Å²) < 4.78 is 0. The Bertz CT molecular complexity index is 490. The highest BCUT2D eigenvalue weighted by atomic mass is 16.9. The number of carboxylic acids is 1. The summed E-state index contributed by atoms with van der Waals surface area (Å²) in [5.74, 6) is -3.05. The molecule has 1 saturated heterocycles. The van der Waals surface area contributed by atoms with E-state index in [0.717, 1.165) is 0 Å². The molecule has 0 aromatic rings. The van der Waals surface area contributed by atoms with Gasteiger partial charge in [-0.2, -0.15) is 0 Å². The Morgan fingerprint density at radius 3 is 2.23 bits per heavy atom. The molecular formula is C13H23N3O6. The first-order valence-electron chi connectivity index (χ1n) is 6.94. The number of rotatable bonds is 6. The number of carbonyl (C=O) groups is 2. The minimum Gasteiger partial charge on any atom is -0.480 e. The molecule has 126 valence electrons. The molecule has 1 heterocycles. The maximum atomic E-state index is 11.9. The van der Waals surface area contributed by atoms with Crippen molar-refractivity contribution in [2.75, 3.05) is 6.61 Å². The third kappa shape index (κ3) is 2.85. The Kier molecular flexibility index (Phi) is 4.71. The first-order valence-corrected chi connectivity index (χ1v) is 6.94. The van der Waals surface area contributed by atoms with Crippen LogP contribution in [0.2, 0.25) is 0 Å². The van der Waals surface area contributed by atoms with Crippen molar-refractivity contribution in [3.8, 4) is 0 Å². The zero-order valence-electron chi connectivity index (χ0n) is 13.4. The van der Waals surface area contributed by atoms with Crippen molar-refractivity contribution in [3.05, 3.63) is 10.1 Å². The molecular weight excluding hydrogens is 294 g/mol. The Balaban J connectivity index is 3.33. The minimum absolute atomic E-state index is 0.320. The van der Waals surface area contributed by atoms with Gasteiger partial charge in [-0.15, -0.1) is 10.1 Å². The summed E-state index contributed by atoms with van der Waals surface area (Å²) in [5, 5.41) is 18.9. The van der Waals surface area contributed by atoms with Crippen LogP contribution >= 0.6 is 0 Å². The second kappa shape index (κ2) is 5.71. The molecule has 9 nitrogen and oxygen atoms in total. The molecule has 0 spiro atoms. The van der Waals surface area contributed by atoms with Crippen molar-refractivity contribution in [2.45, 2.75) is 51.7 Å². The molecule has 1 aliphatic heterocycles. The van der Waals surface area contributed by atoms with Crippen LogP contribution in [0.3, 0.4) is 0 Å². The molecule has 22 heavy (non-hydrogen) atoms. The number of likely N-dealkylation sites (tertiary alicyclic amines) is 1. The van der Waals surface area contributed by atoms with E-state index >= 15 is 0 Å². The number of hydrogen-bond acceptors (Lipinski definition) is 6. The standard InChI is InChI=1S/C13H23N3O6/c1-7(11(18)19)15-12(2,3)8(6-22-16(20)21)9(10(14)17)13(15,4)5/h7-9H,6H2,1-5H3,(H2,14,17)(H,18,19). The van der Waals surface area contributed by atoms with Crippen LogP contribution in [0.15, 0.2) is 0 Å². The largest absolute Gasteiger partial charge is 0.480 e. The van der Waals surface area contributed by atoms with Crippen LogP contribution in [-0.2, 0) is 14.4 Å². The molecule has 0 aromatic carbocycles. The molecule has 0 saturated carbocycles. The lowest BCUT2D eigenvalue weighted by atomic mass is 9.77. The molecule has 1 amide bonds. The maximum absolute atomic E-state index is 11.9. The van der Waals surface area contributed by atoms with E-state index in [-0.39, 0.29) is 6.61 Å². The van der Waals surface area contributed by atoms with Crippen LogP contribution in [0.4, 0.5) is 0 Å². The summed E-state index contributed by atoms with van der Waals surface area (Å²) in [4.78, 5) is 40.0. The second-order valence-corrected chi connectivity index (χ2v) is 6.70. The molecule has 3 atom stereocenters. The van der Waals surface area contributed by atoms with Crippen LogP contribution in [0, 0.1) is 22.0 Å². The smallest absolute Gasteiger partial charge is 0.320 e. The summed E-state index contributed by atoms with van der Waals surface area (Å²) in [6.45, 7) is 8.11. The van der Waals surface area contributed by atoms with E-state index in [0.29, 0.717) is 0 Å². The zero-order valence-corrected chi connectivity index (χ0v) is 13.4.